The van der Waals surface area contributed by atoms with E-state index in [9.17, 15) is 4.79 Å². The van der Waals surface area contributed by atoms with Crippen molar-refractivity contribution in [1.82, 2.24) is 9.78 Å². The molecule has 5 nitrogen and oxygen atoms in total. The number of hydrogen-bond donors (Lipinski definition) is 1. The highest BCUT2D eigenvalue weighted by molar-refractivity contribution is 9.10. The standard InChI is InChI=1S/C19H18BrN3O2S/c20-15-3-1-14(2-4-15)16-5-6-17(26-16)19(24)22-18-7-9-21-23(18)11-13-8-10-25-12-13/h1-7,9,13H,8,10-12H2,(H,22,24)/t13-/m0/s1. The van der Waals surface area contributed by atoms with E-state index >= 15 is 0 Å². The van der Waals surface area contributed by atoms with Crippen molar-refractivity contribution >= 4 is 39.0 Å². The van der Waals surface area contributed by atoms with Gasteiger partial charge in [-0.15, -0.1) is 11.3 Å². The number of amides is 1. The predicted octanol–water partition coefficient (Wildman–Crippen LogP) is 4.66. The average molecular weight is 432 g/mol. The van der Waals surface area contributed by atoms with Crippen LogP contribution in [0.2, 0.25) is 0 Å². The number of aromatic nitrogens is 2. The number of carbonyl (C=O) groups excluding carboxylic acids is 1. The summed E-state index contributed by atoms with van der Waals surface area (Å²) < 4.78 is 8.30. The number of ether oxygens (including phenoxy) is 1. The van der Waals surface area contributed by atoms with E-state index < -0.39 is 0 Å². The molecule has 0 saturated carbocycles. The summed E-state index contributed by atoms with van der Waals surface area (Å²) in [6, 6.07) is 13.8. The fourth-order valence-corrected chi connectivity index (χ4v) is 4.13. The quantitative estimate of drug-likeness (QED) is 0.638. The molecule has 3 aromatic rings. The van der Waals surface area contributed by atoms with Crippen LogP contribution in [0.15, 0.2) is 53.1 Å². The highest BCUT2D eigenvalue weighted by atomic mass is 79.9. The molecule has 1 N–H and O–H groups in total. The number of halogens is 1. The number of anilines is 1. The van der Waals surface area contributed by atoms with Gasteiger partial charge in [0.05, 0.1) is 17.7 Å². The molecule has 4 rings (SSSR count). The van der Waals surface area contributed by atoms with Crippen LogP contribution in [0.5, 0.6) is 0 Å². The van der Waals surface area contributed by atoms with Crippen molar-refractivity contribution in [3.05, 3.63) is 58.0 Å². The maximum Gasteiger partial charge on any atom is 0.266 e. The molecule has 0 radical (unpaired) electrons. The van der Waals surface area contributed by atoms with Gasteiger partial charge in [0.15, 0.2) is 0 Å². The fourth-order valence-electron chi connectivity index (χ4n) is 2.96. The molecule has 1 aromatic carbocycles. The molecule has 2 aromatic heterocycles. The lowest BCUT2D eigenvalue weighted by Crippen LogP contribution is -2.18. The van der Waals surface area contributed by atoms with Gasteiger partial charge >= 0.3 is 0 Å². The monoisotopic (exact) mass is 431 g/mol. The molecule has 0 unspecified atom stereocenters. The molecular formula is C19H18BrN3O2S. The van der Waals surface area contributed by atoms with Gasteiger partial charge in [0.25, 0.3) is 5.91 Å². The summed E-state index contributed by atoms with van der Waals surface area (Å²) in [7, 11) is 0. The van der Waals surface area contributed by atoms with Gasteiger partial charge in [-0.25, -0.2) is 4.68 Å². The number of nitrogens with zero attached hydrogens (tertiary/aromatic N) is 2. The van der Waals surface area contributed by atoms with Crippen LogP contribution in [-0.4, -0.2) is 28.9 Å². The van der Waals surface area contributed by atoms with Crippen LogP contribution in [0.25, 0.3) is 10.4 Å². The van der Waals surface area contributed by atoms with Crippen molar-refractivity contribution in [3.8, 4) is 10.4 Å². The SMILES string of the molecule is O=C(Nc1ccnn1C[C@@H]1CCOC1)c1ccc(-c2ccc(Br)cc2)s1. The van der Waals surface area contributed by atoms with Crippen LogP contribution >= 0.6 is 27.3 Å². The molecule has 134 valence electrons. The van der Waals surface area contributed by atoms with Crippen LogP contribution in [-0.2, 0) is 11.3 Å². The second-order valence-electron chi connectivity index (χ2n) is 6.25. The van der Waals surface area contributed by atoms with Crippen molar-refractivity contribution in [3.63, 3.8) is 0 Å². The Morgan fingerprint density at radius 1 is 1.27 bits per heavy atom. The molecule has 7 heteroatoms. The second-order valence-corrected chi connectivity index (χ2v) is 8.25. The molecule has 3 heterocycles. The summed E-state index contributed by atoms with van der Waals surface area (Å²) in [6.07, 6.45) is 2.75. The van der Waals surface area contributed by atoms with Gasteiger partial charge in [-0.1, -0.05) is 28.1 Å². The molecule has 0 aliphatic carbocycles. The number of thiophene rings is 1. The Bertz CT molecular complexity index is 898. The van der Waals surface area contributed by atoms with Gasteiger partial charge < -0.3 is 10.1 Å². The minimum absolute atomic E-state index is 0.109. The Kier molecular flexibility index (Phi) is 5.19. The minimum atomic E-state index is -0.109. The molecule has 1 aliphatic rings. The number of carbonyl (C=O) groups is 1. The summed E-state index contributed by atoms with van der Waals surface area (Å²) in [6.45, 7) is 2.33. The Morgan fingerprint density at radius 3 is 2.88 bits per heavy atom. The number of hydrogen-bond acceptors (Lipinski definition) is 4. The summed E-state index contributed by atoms with van der Waals surface area (Å²) in [4.78, 5) is 14.4. The fraction of sp³-hybridized carbons (Fsp3) is 0.263. The molecule has 1 saturated heterocycles. The van der Waals surface area contributed by atoms with E-state index in [1.54, 1.807) is 6.20 Å². The number of nitrogens with one attached hydrogen (secondary N) is 1. The largest absolute Gasteiger partial charge is 0.381 e. The van der Waals surface area contributed by atoms with E-state index in [0.29, 0.717) is 10.8 Å². The van der Waals surface area contributed by atoms with Gasteiger partial charge in [-0.3, -0.25) is 4.79 Å². The Labute approximate surface area is 164 Å². The number of rotatable bonds is 5. The molecular weight excluding hydrogens is 414 g/mol. The summed E-state index contributed by atoms with van der Waals surface area (Å²) in [5, 5.41) is 7.31. The predicted molar refractivity (Wildman–Crippen MR) is 107 cm³/mol. The van der Waals surface area contributed by atoms with Gasteiger partial charge in [-0.05, 0) is 36.2 Å². The molecule has 1 atom stereocenters. The molecule has 0 bridgehead atoms. The first kappa shape index (κ1) is 17.5. The zero-order valence-electron chi connectivity index (χ0n) is 14.0. The Hall–Kier alpha value is -1.96. The Balaban J connectivity index is 1.46. The molecule has 0 spiro atoms. The minimum Gasteiger partial charge on any atom is -0.381 e. The maximum atomic E-state index is 12.6. The van der Waals surface area contributed by atoms with Gasteiger partial charge in [0.2, 0.25) is 0 Å². The smallest absolute Gasteiger partial charge is 0.266 e. The Morgan fingerprint density at radius 2 is 2.12 bits per heavy atom. The van der Waals surface area contributed by atoms with Crippen molar-refractivity contribution in [2.75, 3.05) is 18.5 Å². The maximum absolute atomic E-state index is 12.6. The zero-order chi connectivity index (χ0) is 17.9. The topological polar surface area (TPSA) is 56.2 Å². The first-order valence-electron chi connectivity index (χ1n) is 8.46. The molecule has 1 fully saturated rings. The van der Waals surface area contributed by atoms with Crippen LogP contribution in [0.1, 0.15) is 16.1 Å². The van der Waals surface area contributed by atoms with Crippen molar-refractivity contribution < 1.29 is 9.53 Å². The third-order valence-electron chi connectivity index (χ3n) is 4.37. The van der Waals surface area contributed by atoms with Crippen molar-refractivity contribution in [1.29, 1.82) is 0 Å². The summed E-state index contributed by atoms with van der Waals surface area (Å²) >= 11 is 4.92. The van der Waals surface area contributed by atoms with E-state index in [1.165, 1.54) is 11.3 Å². The highest BCUT2D eigenvalue weighted by Crippen LogP contribution is 2.29. The lowest BCUT2D eigenvalue weighted by molar-refractivity contribution is 0.102. The van der Waals surface area contributed by atoms with E-state index in [-0.39, 0.29) is 5.91 Å². The van der Waals surface area contributed by atoms with E-state index in [2.05, 4.69) is 26.3 Å². The first-order valence-corrected chi connectivity index (χ1v) is 10.1. The third kappa shape index (κ3) is 3.90. The van der Waals surface area contributed by atoms with Crippen LogP contribution < -0.4 is 5.32 Å². The van der Waals surface area contributed by atoms with Gasteiger partial charge in [-0.2, -0.15) is 5.10 Å². The van der Waals surface area contributed by atoms with Crippen molar-refractivity contribution in [2.45, 2.75) is 13.0 Å². The molecule has 1 amide bonds. The first-order chi connectivity index (χ1) is 12.7. The lowest BCUT2D eigenvalue weighted by atomic mass is 10.1. The lowest BCUT2D eigenvalue weighted by Gasteiger charge is -2.11. The summed E-state index contributed by atoms with van der Waals surface area (Å²) in [5.74, 6) is 1.07. The molecule has 1 aliphatic heterocycles. The average Bonchev–Trinajstić information content (AvgIpc) is 3.38. The highest BCUT2D eigenvalue weighted by Gasteiger charge is 2.19. The second kappa shape index (κ2) is 7.73. The van der Waals surface area contributed by atoms with Gasteiger partial charge in [0, 0.05) is 34.5 Å². The molecule has 26 heavy (non-hydrogen) atoms. The van der Waals surface area contributed by atoms with Gasteiger partial charge in [0.1, 0.15) is 5.82 Å². The zero-order valence-corrected chi connectivity index (χ0v) is 16.4. The normalized spacial score (nSPS) is 16.7. The third-order valence-corrected chi connectivity index (χ3v) is 6.03. The number of benzene rings is 1. The van der Waals surface area contributed by atoms with E-state index in [1.807, 2.05) is 47.1 Å². The van der Waals surface area contributed by atoms with E-state index in [0.717, 1.165) is 46.9 Å². The summed E-state index contributed by atoms with van der Waals surface area (Å²) in [5.41, 5.74) is 1.10. The van der Waals surface area contributed by atoms with Crippen molar-refractivity contribution in [2.24, 2.45) is 5.92 Å². The van der Waals surface area contributed by atoms with Crippen LogP contribution in [0, 0.1) is 5.92 Å². The van der Waals surface area contributed by atoms with Crippen LogP contribution in [0.4, 0.5) is 5.82 Å². The van der Waals surface area contributed by atoms with E-state index in [4.69, 9.17) is 4.74 Å². The van der Waals surface area contributed by atoms with Crippen LogP contribution in [0.3, 0.4) is 0 Å².